The van der Waals surface area contributed by atoms with Gasteiger partial charge >= 0.3 is 0 Å². The zero-order valence-corrected chi connectivity index (χ0v) is 14.4. The summed E-state index contributed by atoms with van der Waals surface area (Å²) in [6.45, 7) is 2.31. The lowest BCUT2D eigenvalue weighted by Gasteiger charge is -2.26. The minimum absolute atomic E-state index is 0.200. The van der Waals surface area contributed by atoms with Crippen LogP contribution in [0, 0.1) is 6.92 Å². The Morgan fingerprint density at radius 2 is 1.73 bits per heavy atom. The molecule has 2 aromatic carbocycles. The van der Waals surface area contributed by atoms with E-state index in [2.05, 4.69) is 0 Å². The van der Waals surface area contributed by atoms with Crippen molar-refractivity contribution in [3.05, 3.63) is 101 Å². The van der Waals surface area contributed by atoms with Crippen LogP contribution < -0.4 is 0 Å². The monoisotopic (exact) mass is 345 g/mol. The normalized spacial score (nSPS) is 17.2. The third-order valence-electron chi connectivity index (χ3n) is 4.69. The van der Waals surface area contributed by atoms with Crippen molar-refractivity contribution < 1.29 is 14.3 Å². The summed E-state index contributed by atoms with van der Waals surface area (Å²) in [7, 11) is 0. The van der Waals surface area contributed by atoms with Gasteiger partial charge in [0, 0.05) is 5.57 Å². The largest absolute Gasteiger partial charge is 0.503 e. The maximum Gasteiger partial charge on any atom is 0.290 e. The Morgan fingerprint density at radius 3 is 2.38 bits per heavy atom. The van der Waals surface area contributed by atoms with Crippen LogP contribution in [-0.4, -0.2) is 15.9 Å². The highest BCUT2D eigenvalue weighted by Gasteiger charge is 2.41. The van der Waals surface area contributed by atoms with Crippen molar-refractivity contribution in [2.75, 3.05) is 0 Å². The van der Waals surface area contributed by atoms with E-state index in [1.807, 2.05) is 67.6 Å². The molecule has 0 aliphatic carbocycles. The second-order valence-electron chi connectivity index (χ2n) is 6.45. The number of furan rings is 1. The van der Waals surface area contributed by atoms with Crippen molar-refractivity contribution in [1.82, 2.24) is 4.90 Å². The van der Waals surface area contributed by atoms with Gasteiger partial charge in [-0.3, -0.25) is 4.79 Å². The van der Waals surface area contributed by atoms with Gasteiger partial charge < -0.3 is 14.4 Å². The topological polar surface area (TPSA) is 53.7 Å². The van der Waals surface area contributed by atoms with Gasteiger partial charge in [0.2, 0.25) is 0 Å². The number of hydrogen-bond acceptors (Lipinski definition) is 3. The molecule has 4 rings (SSSR count). The molecule has 4 heteroatoms. The standard InChI is InChI=1S/C22H19NO3/c1-15-9-11-16(12-10-15)19-20(17-6-3-2-4-7-17)23(22(25)21(19)24)14-18-8-5-13-26-18/h2-13,20,24H,14H2,1H3/t20-/m0/s1. The number of aliphatic hydroxyl groups is 1. The van der Waals surface area contributed by atoms with Crippen molar-refractivity contribution in [1.29, 1.82) is 0 Å². The predicted octanol–water partition coefficient (Wildman–Crippen LogP) is 4.64. The molecule has 0 radical (unpaired) electrons. The second kappa shape index (κ2) is 6.56. The van der Waals surface area contributed by atoms with E-state index < -0.39 is 0 Å². The Kier molecular flexibility index (Phi) is 4.09. The Morgan fingerprint density at radius 1 is 1.00 bits per heavy atom. The number of aryl methyl sites for hydroxylation is 1. The number of aliphatic hydroxyl groups excluding tert-OH is 1. The van der Waals surface area contributed by atoms with Crippen LogP contribution in [0.5, 0.6) is 0 Å². The number of benzene rings is 2. The van der Waals surface area contributed by atoms with Crippen LogP contribution >= 0.6 is 0 Å². The van der Waals surface area contributed by atoms with Crippen molar-refractivity contribution in [3.63, 3.8) is 0 Å². The first-order valence-electron chi connectivity index (χ1n) is 8.53. The van der Waals surface area contributed by atoms with E-state index >= 15 is 0 Å². The third kappa shape index (κ3) is 2.80. The molecule has 0 bridgehead atoms. The van der Waals surface area contributed by atoms with Crippen LogP contribution in [0.4, 0.5) is 0 Å². The minimum atomic E-state index is -0.383. The molecular formula is C22H19NO3. The molecule has 0 unspecified atom stereocenters. The number of carbonyl (C=O) groups excluding carboxylic acids is 1. The second-order valence-corrected chi connectivity index (χ2v) is 6.45. The Hall–Kier alpha value is -3.27. The van der Waals surface area contributed by atoms with Crippen molar-refractivity contribution in [2.45, 2.75) is 19.5 Å². The summed E-state index contributed by atoms with van der Waals surface area (Å²) >= 11 is 0. The lowest BCUT2D eigenvalue weighted by atomic mass is 9.93. The van der Waals surface area contributed by atoms with Crippen LogP contribution in [-0.2, 0) is 11.3 Å². The summed E-state index contributed by atoms with van der Waals surface area (Å²) in [5.74, 6) is 0.0947. The molecule has 3 aromatic rings. The van der Waals surface area contributed by atoms with E-state index in [0.29, 0.717) is 17.9 Å². The van der Waals surface area contributed by atoms with E-state index in [9.17, 15) is 9.90 Å². The van der Waals surface area contributed by atoms with Gasteiger partial charge in [0.05, 0.1) is 18.8 Å². The Labute approximate surface area is 152 Å². The van der Waals surface area contributed by atoms with Gasteiger partial charge in [-0.05, 0) is 30.2 Å². The fourth-order valence-electron chi connectivity index (χ4n) is 3.40. The predicted molar refractivity (Wildman–Crippen MR) is 99.2 cm³/mol. The van der Waals surface area contributed by atoms with Crippen LogP contribution in [0.1, 0.15) is 28.5 Å². The molecule has 1 N–H and O–H groups in total. The van der Waals surface area contributed by atoms with Crippen molar-refractivity contribution >= 4 is 11.5 Å². The Balaban J connectivity index is 1.82. The summed E-state index contributed by atoms with van der Waals surface area (Å²) in [5, 5.41) is 10.7. The fourth-order valence-corrected chi connectivity index (χ4v) is 3.40. The molecule has 0 spiro atoms. The van der Waals surface area contributed by atoms with E-state index in [0.717, 1.165) is 16.7 Å². The van der Waals surface area contributed by atoms with Gasteiger partial charge in [-0.15, -0.1) is 0 Å². The molecule has 4 nitrogen and oxygen atoms in total. The molecular weight excluding hydrogens is 326 g/mol. The lowest BCUT2D eigenvalue weighted by molar-refractivity contribution is -0.130. The van der Waals surface area contributed by atoms with Gasteiger partial charge in [-0.2, -0.15) is 0 Å². The molecule has 130 valence electrons. The first-order chi connectivity index (χ1) is 12.6. The van der Waals surface area contributed by atoms with Crippen LogP contribution in [0.15, 0.2) is 83.2 Å². The molecule has 1 aliphatic rings. The maximum atomic E-state index is 12.8. The SMILES string of the molecule is Cc1ccc(C2=C(O)C(=O)N(Cc3ccco3)[C@H]2c2ccccc2)cc1. The zero-order chi connectivity index (χ0) is 18.1. The number of nitrogens with zero attached hydrogens (tertiary/aromatic N) is 1. The molecule has 0 fully saturated rings. The summed E-state index contributed by atoms with van der Waals surface area (Å²) in [4.78, 5) is 14.5. The zero-order valence-electron chi connectivity index (χ0n) is 14.4. The van der Waals surface area contributed by atoms with E-state index in [4.69, 9.17) is 4.42 Å². The van der Waals surface area contributed by atoms with Gasteiger partial charge in [0.25, 0.3) is 5.91 Å². The van der Waals surface area contributed by atoms with Gasteiger partial charge in [0.1, 0.15) is 5.76 Å². The summed E-state index contributed by atoms with van der Waals surface area (Å²) in [5.41, 5.74) is 3.55. The smallest absolute Gasteiger partial charge is 0.290 e. The quantitative estimate of drug-likeness (QED) is 0.749. The first-order valence-corrected chi connectivity index (χ1v) is 8.53. The average molecular weight is 345 g/mol. The van der Waals surface area contributed by atoms with Crippen LogP contribution in [0.25, 0.3) is 5.57 Å². The number of hydrogen-bond donors (Lipinski definition) is 1. The number of carbonyl (C=O) groups is 1. The van der Waals surface area contributed by atoms with Crippen LogP contribution in [0.3, 0.4) is 0 Å². The maximum absolute atomic E-state index is 12.8. The molecule has 1 amide bonds. The average Bonchev–Trinajstić information content (AvgIpc) is 3.26. The molecule has 26 heavy (non-hydrogen) atoms. The van der Waals surface area contributed by atoms with E-state index in [-0.39, 0.29) is 17.7 Å². The lowest BCUT2D eigenvalue weighted by Crippen LogP contribution is -2.29. The molecule has 1 aliphatic heterocycles. The minimum Gasteiger partial charge on any atom is -0.503 e. The Bertz CT molecular complexity index is 941. The van der Waals surface area contributed by atoms with Gasteiger partial charge in [-0.1, -0.05) is 60.2 Å². The van der Waals surface area contributed by atoms with Crippen LogP contribution in [0.2, 0.25) is 0 Å². The first kappa shape index (κ1) is 16.2. The van der Waals surface area contributed by atoms with Crippen molar-refractivity contribution in [2.24, 2.45) is 0 Å². The molecule has 2 heterocycles. The number of amides is 1. The summed E-state index contributed by atoms with van der Waals surface area (Å²) < 4.78 is 5.43. The van der Waals surface area contributed by atoms with E-state index in [1.54, 1.807) is 17.2 Å². The molecule has 0 saturated heterocycles. The molecule has 1 atom stereocenters. The summed E-state index contributed by atoms with van der Waals surface area (Å²) in [6.07, 6.45) is 1.58. The highest BCUT2D eigenvalue weighted by atomic mass is 16.3. The van der Waals surface area contributed by atoms with Gasteiger partial charge in [0.15, 0.2) is 5.76 Å². The van der Waals surface area contributed by atoms with Gasteiger partial charge in [-0.25, -0.2) is 0 Å². The van der Waals surface area contributed by atoms with Crippen molar-refractivity contribution in [3.8, 4) is 0 Å². The molecule has 0 saturated carbocycles. The molecule has 1 aromatic heterocycles. The number of rotatable bonds is 4. The van der Waals surface area contributed by atoms with E-state index in [1.165, 1.54) is 0 Å². The summed E-state index contributed by atoms with van der Waals surface area (Å²) in [6, 6.07) is 20.9. The highest BCUT2D eigenvalue weighted by Crippen LogP contribution is 2.43. The highest BCUT2D eigenvalue weighted by molar-refractivity contribution is 6.05. The third-order valence-corrected chi connectivity index (χ3v) is 4.69. The fraction of sp³-hybridized carbons (Fsp3) is 0.136.